The summed E-state index contributed by atoms with van der Waals surface area (Å²) in [5, 5.41) is 54.7. The molecular weight excluding hydrogens is 1020 g/mol. The van der Waals surface area contributed by atoms with E-state index in [4.69, 9.17) is 9.47 Å². The van der Waals surface area contributed by atoms with Gasteiger partial charge in [0, 0.05) is 6.42 Å². The maximum atomic E-state index is 13.1. The van der Waals surface area contributed by atoms with Crippen molar-refractivity contribution in [2.24, 2.45) is 0 Å². The number of rotatable bonds is 62. The molecule has 0 saturated carbocycles. The summed E-state index contributed by atoms with van der Waals surface area (Å²) >= 11 is 0. The highest BCUT2D eigenvalue weighted by atomic mass is 16.7. The first kappa shape index (κ1) is 77.9. The van der Waals surface area contributed by atoms with E-state index in [-0.39, 0.29) is 12.5 Å². The number of amides is 1. The third-order valence-electron chi connectivity index (χ3n) is 16.8. The van der Waals surface area contributed by atoms with Crippen molar-refractivity contribution in [2.45, 2.75) is 384 Å². The van der Waals surface area contributed by atoms with Crippen molar-refractivity contribution in [3.63, 3.8) is 0 Å². The molecule has 1 saturated heterocycles. The lowest BCUT2D eigenvalue weighted by Crippen LogP contribution is -2.60. The number of unbranched alkanes of at least 4 members (excludes halogenated alkanes) is 44. The number of nitrogens with one attached hydrogen (secondary N) is 1. The highest BCUT2D eigenvalue weighted by Crippen LogP contribution is 2.23. The van der Waals surface area contributed by atoms with Crippen LogP contribution in [0.5, 0.6) is 0 Å². The number of hydrogen-bond acceptors (Lipinski definition) is 8. The second kappa shape index (κ2) is 62.0. The van der Waals surface area contributed by atoms with Gasteiger partial charge in [-0.1, -0.05) is 319 Å². The van der Waals surface area contributed by atoms with E-state index in [0.717, 1.165) is 51.4 Å². The van der Waals surface area contributed by atoms with Crippen LogP contribution in [-0.4, -0.2) is 87.5 Å². The van der Waals surface area contributed by atoms with Crippen LogP contribution >= 0.6 is 0 Å². The molecule has 0 aromatic rings. The summed E-state index contributed by atoms with van der Waals surface area (Å²) in [5.74, 6) is -0.186. The standard InChI is InChI=1S/C73H135NO8/c1-3-5-7-9-11-13-15-17-19-21-23-25-27-29-31-32-33-34-35-36-37-39-41-43-45-47-49-51-53-55-57-59-61-63-69(77)74-66(65-81-73-72(80)71(79)70(78)68(64-75)82-73)67(76)62-60-58-56-54-52-50-48-46-44-42-40-38-30-28-26-24-22-20-18-16-14-12-10-8-6-4-2/h15,17,21,23,44,46,52,54,60,62,66-68,70-73,75-76,78-80H,3-14,16,18-20,22,24-43,45,47-51,53,55-59,61,63-65H2,1-2H3,(H,74,77)/b17-15-,23-21-,46-44+,54-52+,62-60+. The lowest BCUT2D eigenvalue weighted by molar-refractivity contribution is -0.302. The minimum absolute atomic E-state index is 0.186. The predicted octanol–water partition coefficient (Wildman–Crippen LogP) is 19.4. The van der Waals surface area contributed by atoms with Gasteiger partial charge < -0.3 is 40.3 Å². The summed E-state index contributed by atoms with van der Waals surface area (Å²) in [5.41, 5.74) is 0. The van der Waals surface area contributed by atoms with E-state index < -0.39 is 49.5 Å². The molecule has 6 N–H and O–H groups in total. The predicted molar refractivity (Wildman–Crippen MR) is 350 cm³/mol. The Balaban J connectivity index is 2.14. The van der Waals surface area contributed by atoms with Crippen LogP contribution in [0.2, 0.25) is 0 Å². The molecule has 1 aliphatic heterocycles. The topological polar surface area (TPSA) is 149 Å². The van der Waals surface area contributed by atoms with Crippen molar-refractivity contribution in [1.82, 2.24) is 5.32 Å². The molecule has 0 bridgehead atoms. The number of aliphatic hydroxyl groups excluding tert-OH is 5. The third kappa shape index (κ3) is 50.1. The average Bonchev–Trinajstić information content (AvgIpc) is 3.57. The van der Waals surface area contributed by atoms with Gasteiger partial charge in [-0.15, -0.1) is 0 Å². The monoisotopic (exact) mass is 1150 g/mol. The Bertz CT molecular complexity index is 1480. The molecule has 480 valence electrons. The normalized spacial score (nSPS) is 18.6. The van der Waals surface area contributed by atoms with Crippen molar-refractivity contribution in [1.29, 1.82) is 0 Å². The van der Waals surface area contributed by atoms with E-state index in [1.165, 1.54) is 270 Å². The first-order valence-electron chi connectivity index (χ1n) is 35.5. The Morgan fingerprint density at radius 1 is 0.415 bits per heavy atom. The van der Waals surface area contributed by atoms with Gasteiger partial charge in [0.25, 0.3) is 0 Å². The van der Waals surface area contributed by atoms with Crippen LogP contribution in [0.25, 0.3) is 0 Å². The van der Waals surface area contributed by atoms with E-state index in [0.29, 0.717) is 6.42 Å². The molecule has 0 radical (unpaired) electrons. The van der Waals surface area contributed by atoms with Gasteiger partial charge in [-0.3, -0.25) is 4.79 Å². The first-order valence-corrected chi connectivity index (χ1v) is 35.5. The maximum absolute atomic E-state index is 13.1. The summed E-state index contributed by atoms with van der Waals surface area (Å²) in [6, 6.07) is -0.830. The molecule has 7 unspecified atom stereocenters. The van der Waals surface area contributed by atoms with Gasteiger partial charge in [-0.2, -0.15) is 0 Å². The SMILES string of the molecule is CCCCCCC/C=C\C/C=C\CCCCCCCCCCCCCCCCCCCCCCCC(=O)NC(COC1OC(CO)C(O)C(O)C1O)C(O)/C=C/CC/C=C/CC/C=C/CCCCCCCCCCCCCCCCCC. The molecule has 9 heteroatoms. The largest absolute Gasteiger partial charge is 0.394 e. The zero-order valence-corrected chi connectivity index (χ0v) is 53.8. The first-order chi connectivity index (χ1) is 40.3. The van der Waals surface area contributed by atoms with Crippen LogP contribution in [0.15, 0.2) is 60.8 Å². The van der Waals surface area contributed by atoms with E-state index in [1.807, 2.05) is 6.08 Å². The minimum atomic E-state index is -1.58. The molecule has 7 atom stereocenters. The van der Waals surface area contributed by atoms with Crippen LogP contribution < -0.4 is 5.32 Å². The maximum Gasteiger partial charge on any atom is 0.220 e. The van der Waals surface area contributed by atoms with Crippen molar-refractivity contribution in [2.75, 3.05) is 13.2 Å². The smallest absolute Gasteiger partial charge is 0.220 e. The fourth-order valence-corrected chi connectivity index (χ4v) is 11.2. The molecule has 1 heterocycles. The molecule has 0 aliphatic carbocycles. The Kier molecular flexibility index (Phi) is 58.9. The molecule has 1 aliphatic rings. The molecule has 0 aromatic heterocycles. The molecule has 82 heavy (non-hydrogen) atoms. The lowest BCUT2D eigenvalue weighted by atomic mass is 9.99. The molecule has 0 spiro atoms. The van der Waals surface area contributed by atoms with Gasteiger partial charge in [0.05, 0.1) is 25.4 Å². The van der Waals surface area contributed by atoms with Crippen LogP contribution in [0, 0.1) is 0 Å². The van der Waals surface area contributed by atoms with E-state index in [1.54, 1.807) is 6.08 Å². The van der Waals surface area contributed by atoms with Crippen LogP contribution in [0.3, 0.4) is 0 Å². The van der Waals surface area contributed by atoms with Crippen LogP contribution in [-0.2, 0) is 14.3 Å². The summed E-state index contributed by atoms with van der Waals surface area (Å²) in [7, 11) is 0. The van der Waals surface area contributed by atoms with Gasteiger partial charge >= 0.3 is 0 Å². The number of carbonyl (C=O) groups excluding carboxylic acids is 1. The number of ether oxygens (including phenoxy) is 2. The molecule has 0 aromatic carbocycles. The summed E-state index contributed by atoms with van der Waals surface area (Å²) < 4.78 is 11.3. The fourth-order valence-electron chi connectivity index (χ4n) is 11.2. The van der Waals surface area contributed by atoms with Gasteiger partial charge in [0.1, 0.15) is 24.4 Å². The summed E-state index contributed by atoms with van der Waals surface area (Å²) in [6.45, 7) is 3.79. The summed E-state index contributed by atoms with van der Waals surface area (Å²) in [4.78, 5) is 13.1. The Labute approximate surface area is 506 Å². The molecule has 1 fully saturated rings. The van der Waals surface area contributed by atoms with Crippen molar-refractivity contribution < 1.29 is 39.8 Å². The van der Waals surface area contributed by atoms with Crippen molar-refractivity contribution >= 4 is 5.91 Å². The van der Waals surface area contributed by atoms with Crippen LogP contribution in [0.4, 0.5) is 0 Å². The van der Waals surface area contributed by atoms with Crippen molar-refractivity contribution in [3.05, 3.63) is 60.8 Å². The van der Waals surface area contributed by atoms with Gasteiger partial charge in [-0.25, -0.2) is 0 Å². The van der Waals surface area contributed by atoms with Gasteiger partial charge in [-0.05, 0) is 77.0 Å². The fraction of sp³-hybridized carbons (Fsp3) is 0.849. The second-order valence-corrected chi connectivity index (χ2v) is 24.7. The average molecular weight is 1150 g/mol. The summed E-state index contributed by atoms with van der Waals surface area (Å²) in [6.07, 6.45) is 79.1. The highest BCUT2D eigenvalue weighted by molar-refractivity contribution is 5.76. The Hall–Kier alpha value is -2.11. The number of carbonyl (C=O) groups is 1. The highest BCUT2D eigenvalue weighted by Gasteiger charge is 2.44. The molecule has 1 rings (SSSR count). The zero-order valence-electron chi connectivity index (χ0n) is 53.8. The van der Waals surface area contributed by atoms with E-state index in [9.17, 15) is 30.3 Å². The van der Waals surface area contributed by atoms with Crippen LogP contribution in [0.1, 0.15) is 341 Å². The molecular formula is C73H135NO8. The quantitative estimate of drug-likeness (QED) is 0.0261. The van der Waals surface area contributed by atoms with E-state index in [2.05, 4.69) is 67.8 Å². The lowest BCUT2D eigenvalue weighted by Gasteiger charge is -2.40. The van der Waals surface area contributed by atoms with Crippen molar-refractivity contribution in [3.8, 4) is 0 Å². The zero-order chi connectivity index (χ0) is 59.3. The second-order valence-electron chi connectivity index (χ2n) is 24.7. The minimum Gasteiger partial charge on any atom is -0.394 e. The molecule has 1 amide bonds. The Morgan fingerprint density at radius 3 is 1.10 bits per heavy atom. The number of hydrogen-bond donors (Lipinski definition) is 6. The molecule has 9 nitrogen and oxygen atoms in total. The Morgan fingerprint density at radius 2 is 0.732 bits per heavy atom. The third-order valence-corrected chi connectivity index (χ3v) is 16.8. The number of allylic oxidation sites excluding steroid dienone is 9. The van der Waals surface area contributed by atoms with Gasteiger partial charge in [0.2, 0.25) is 5.91 Å². The number of aliphatic hydroxyl groups is 5. The van der Waals surface area contributed by atoms with E-state index >= 15 is 0 Å². The van der Waals surface area contributed by atoms with Gasteiger partial charge in [0.15, 0.2) is 6.29 Å².